The molecule has 2 aromatic rings. The number of pyridine rings is 1. The molecule has 1 N–H and O–H groups in total. The highest BCUT2D eigenvalue weighted by Crippen LogP contribution is 2.25. The van der Waals surface area contributed by atoms with E-state index >= 15 is 0 Å². The molecule has 1 aromatic heterocycles. The third-order valence-corrected chi connectivity index (χ3v) is 3.37. The van der Waals surface area contributed by atoms with Crippen LogP contribution in [0.1, 0.15) is 16.8 Å². The van der Waals surface area contributed by atoms with Crippen LogP contribution in [-0.2, 0) is 6.54 Å². The van der Waals surface area contributed by atoms with Crippen LogP contribution in [0.25, 0.3) is 0 Å². The second kappa shape index (κ2) is 5.85. The van der Waals surface area contributed by atoms with E-state index in [1.54, 1.807) is 0 Å². The lowest BCUT2D eigenvalue weighted by Gasteiger charge is -2.21. The SMILES string of the molecule is CNCc1ccc(N(C)c2ccccc2C)nc1C. The third-order valence-electron chi connectivity index (χ3n) is 3.37. The van der Waals surface area contributed by atoms with Gasteiger partial charge in [-0.3, -0.25) is 0 Å². The quantitative estimate of drug-likeness (QED) is 0.909. The smallest absolute Gasteiger partial charge is 0.132 e. The summed E-state index contributed by atoms with van der Waals surface area (Å²) in [6.45, 7) is 5.03. The minimum Gasteiger partial charge on any atom is -0.329 e. The van der Waals surface area contributed by atoms with Crippen molar-refractivity contribution in [2.75, 3.05) is 19.0 Å². The number of benzene rings is 1. The van der Waals surface area contributed by atoms with Gasteiger partial charge in [0.05, 0.1) is 0 Å². The Kier molecular flexibility index (Phi) is 4.17. The van der Waals surface area contributed by atoms with Crippen LogP contribution in [0.2, 0.25) is 0 Å². The van der Waals surface area contributed by atoms with Crippen LogP contribution in [0.5, 0.6) is 0 Å². The fourth-order valence-electron chi connectivity index (χ4n) is 2.20. The topological polar surface area (TPSA) is 28.2 Å². The lowest BCUT2D eigenvalue weighted by molar-refractivity contribution is 0.804. The summed E-state index contributed by atoms with van der Waals surface area (Å²) >= 11 is 0. The van der Waals surface area contributed by atoms with Crippen molar-refractivity contribution in [3.63, 3.8) is 0 Å². The Morgan fingerprint density at radius 3 is 2.47 bits per heavy atom. The normalized spacial score (nSPS) is 10.5. The van der Waals surface area contributed by atoms with Crippen molar-refractivity contribution in [2.24, 2.45) is 0 Å². The van der Waals surface area contributed by atoms with Crippen LogP contribution in [0.15, 0.2) is 36.4 Å². The number of aryl methyl sites for hydroxylation is 2. The molecule has 0 atom stereocenters. The lowest BCUT2D eigenvalue weighted by Crippen LogP contribution is -2.14. The predicted octanol–water partition coefficient (Wildman–Crippen LogP) is 3.19. The van der Waals surface area contributed by atoms with E-state index in [1.165, 1.54) is 16.8 Å². The Morgan fingerprint density at radius 2 is 1.84 bits per heavy atom. The summed E-state index contributed by atoms with van der Waals surface area (Å²) in [6.07, 6.45) is 0. The Labute approximate surface area is 115 Å². The van der Waals surface area contributed by atoms with Gasteiger partial charge in [0.1, 0.15) is 5.82 Å². The van der Waals surface area contributed by atoms with Crippen LogP contribution in [0, 0.1) is 13.8 Å². The highest BCUT2D eigenvalue weighted by Gasteiger charge is 2.09. The predicted molar refractivity (Wildman–Crippen MR) is 81.0 cm³/mol. The lowest BCUT2D eigenvalue weighted by atomic mass is 10.1. The molecule has 0 unspecified atom stereocenters. The summed E-state index contributed by atoms with van der Waals surface area (Å²) in [4.78, 5) is 6.83. The van der Waals surface area contributed by atoms with Gasteiger partial charge >= 0.3 is 0 Å². The van der Waals surface area contributed by atoms with Crippen LogP contribution in [0.3, 0.4) is 0 Å². The number of hydrogen-bond donors (Lipinski definition) is 1. The van der Waals surface area contributed by atoms with E-state index in [2.05, 4.69) is 67.5 Å². The molecule has 100 valence electrons. The maximum Gasteiger partial charge on any atom is 0.132 e. The molecule has 3 heteroatoms. The summed E-state index contributed by atoms with van der Waals surface area (Å²) in [6, 6.07) is 12.6. The first kappa shape index (κ1) is 13.6. The minimum absolute atomic E-state index is 0.854. The number of anilines is 2. The maximum atomic E-state index is 4.70. The van der Waals surface area contributed by atoms with Gasteiger partial charge in [-0.1, -0.05) is 24.3 Å². The van der Waals surface area contributed by atoms with Crippen LogP contribution >= 0.6 is 0 Å². The van der Waals surface area contributed by atoms with Gasteiger partial charge in [-0.25, -0.2) is 4.98 Å². The summed E-state index contributed by atoms with van der Waals surface area (Å²) in [5.74, 6) is 0.978. The molecular formula is C16H21N3. The monoisotopic (exact) mass is 255 g/mol. The second-order valence-electron chi connectivity index (χ2n) is 4.79. The summed E-state index contributed by atoms with van der Waals surface area (Å²) in [5.41, 5.74) is 4.76. The number of nitrogens with zero attached hydrogens (tertiary/aromatic N) is 2. The minimum atomic E-state index is 0.854. The molecule has 0 amide bonds. The first-order valence-electron chi connectivity index (χ1n) is 6.54. The van der Waals surface area contributed by atoms with Gasteiger partial charge in [-0.15, -0.1) is 0 Å². The maximum absolute atomic E-state index is 4.70. The van der Waals surface area contributed by atoms with E-state index in [4.69, 9.17) is 4.98 Å². The standard InChI is InChI=1S/C16H21N3/c1-12-7-5-6-8-15(12)19(4)16-10-9-14(11-17-3)13(2)18-16/h5-10,17H,11H2,1-4H3. The molecule has 1 heterocycles. The highest BCUT2D eigenvalue weighted by atomic mass is 15.2. The fourth-order valence-corrected chi connectivity index (χ4v) is 2.20. The van der Waals surface area contributed by atoms with E-state index < -0.39 is 0 Å². The van der Waals surface area contributed by atoms with Crippen molar-refractivity contribution in [2.45, 2.75) is 20.4 Å². The summed E-state index contributed by atoms with van der Waals surface area (Å²) in [7, 11) is 4.01. The van der Waals surface area contributed by atoms with Crippen molar-refractivity contribution in [3.8, 4) is 0 Å². The van der Waals surface area contributed by atoms with Gasteiger partial charge in [0.25, 0.3) is 0 Å². The molecule has 0 aliphatic heterocycles. The number of hydrogen-bond acceptors (Lipinski definition) is 3. The molecule has 0 spiro atoms. The molecule has 1 aromatic carbocycles. The Bertz CT molecular complexity index is 564. The number of para-hydroxylation sites is 1. The molecule has 2 rings (SSSR count). The van der Waals surface area contributed by atoms with E-state index in [1.807, 2.05) is 7.05 Å². The first-order valence-corrected chi connectivity index (χ1v) is 6.54. The van der Waals surface area contributed by atoms with Gasteiger partial charge in [0.2, 0.25) is 0 Å². The van der Waals surface area contributed by atoms with E-state index in [-0.39, 0.29) is 0 Å². The number of aromatic nitrogens is 1. The van der Waals surface area contributed by atoms with Gasteiger partial charge in [-0.2, -0.15) is 0 Å². The molecule has 0 saturated heterocycles. The van der Waals surface area contributed by atoms with E-state index in [0.29, 0.717) is 0 Å². The molecule has 19 heavy (non-hydrogen) atoms. The fraction of sp³-hybridized carbons (Fsp3) is 0.312. The number of nitrogens with one attached hydrogen (secondary N) is 1. The van der Waals surface area contributed by atoms with Crippen molar-refractivity contribution in [1.82, 2.24) is 10.3 Å². The Morgan fingerprint density at radius 1 is 1.11 bits per heavy atom. The highest BCUT2D eigenvalue weighted by molar-refractivity contribution is 5.63. The van der Waals surface area contributed by atoms with Crippen molar-refractivity contribution >= 4 is 11.5 Å². The van der Waals surface area contributed by atoms with Crippen molar-refractivity contribution in [3.05, 3.63) is 53.2 Å². The zero-order valence-electron chi connectivity index (χ0n) is 12.1. The molecule has 0 bridgehead atoms. The summed E-state index contributed by atoms with van der Waals surface area (Å²) in [5, 5.41) is 3.16. The molecule has 0 aliphatic carbocycles. The van der Waals surface area contributed by atoms with E-state index in [9.17, 15) is 0 Å². The zero-order chi connectivity index (χ0) is 13.8. The molecule has 3 nitrogen and oxygen atoms in total. The zero-order valence-corrected chi connectivity index (χ0v) is 12.1. The van der Waals surface area contributed by atoms with Gasteiger partial charge in [0.15, 0.2) is 0 Å². The third kappa shape index (κ3) is 2.93. The molecular weight excluding hydrogens is 234 g/mol. The van der Waals surface area contributed by atoms with Gasteiger partial charge in [0, 0.05) is 25.0 Å². The molecule has 0 fully saturated rings. The average molecular weight is 255 g/mol. The van der Waals surface area contributed by atoms with Crippen molar-refractivity contribution < 1.29 is 0 Å². The Hall–Kier alpha value is -1.87. The second-order valence-corrected chi connectivity index (χ2v) is 4.79. The largest absolute Gasteiger partial charge is 0.329 e. The van der Waals surface area contributed by atoms with Gasteiger partial charge in [-0.05, 0) is 44.2 Å². The van der Waals surface area contributed by atoms with Crippen molar-refractivity contribution in [1.29, 1.82) is 0 Å². The Balaban J connectivity index is 2.32. The number of rotatable bonds is 4. The molecule has 0 saturated carbocycles. The molecule has 0 radical (unpaired) electrons. The van der Waals surface area contributed by atoms with Crippen LogP contribution in [0.4, 0.5) is 11.5 Å². The summed E-state index contributed by atoms with van der Waals surface area (Å²) < 4.78 is 0. The van der Waals surface area contributed by atoms with Crippen LogP contribution < -0.4 is 10.2 Å². The average Bonchev–Trinajstić information content (AvgIpc) is 2.41. The molecule has 0 aliphatic rings. The first-order chi connectivity index (χ1) is 9.13. The van der Waals surface area contributed by atoms with Crippen LogP contribution in [-0.4, -0.2) is 19.1 Å². The van der Waals surface area contributed by atoms with E-state index in [0.717, 1.165) is 18.1 Å². The van der Waals surface area contributed by atoms with Gasteiger partial charge < -0.3 is 10.2 Å².